The van der Waals surface area contributed by atoms with Gasteiger partial charge in [0.1, 0.15) is 0 Å². The molecule has 2 amide bonds. The summed E-state index contributed by atoms with van der Waals surface area (Å²) in [6, 6.07) is 12.1. The Balaban J connectivity index is 1.62. The molecule has 0 fully saturated rings. The number of nitrogens with one attached hydrogen (secondary N) is 1. The smallest absolute Gasteiger partial charge is 0.258 e. The molecule has 0 radical (unpaired) electrons. The van der Waals surface area contributed by atoms with Gasteiger partial charge in [0.15, 0.2) is 0 Å². The predicted molar refractivity (Wildman–Crippen MR) is 96.2 cm³/mol. The molecule has 1 N–H and O–H groups in total. The average Bonchev–Trinajstić information content (AvgIpc) is 2.81. The van der Waals surface area contributed by atoms with E-state index in [2.05, 4.69) is 11.9 Å². The summed E-state index contributed by atoms with van der Waals surface area (Å²) >= 11 is 11.8. The number of rotatable bonds is 4. The number of carbonyl (C=O) groups is 2. The van der Waals surface area contributed by atoms with E-state index in [0.29, 0.717) is 27.0 Å². The van der Waals surface area contributed by atoms with E-state index in [4.69, 9.17) is 23.2 Å². The van der Waals surface area contributed by atoms with Crippen LogP contribution in [-0.2, 0) is 4.79 Å². The lowest BCUT2D eigenvalue weighted by Crippen LogP contribution is -2.27. The van der Waals surface area contributed by atoms with Crippen LogP contribution in [-0.4, -0.2) is 23.3 Å². The van der Waals surface area contributed by atoms with E-state index in [9.17, 15) is 9.59 Å². The first kappa shape index (κ1) is 16.6. The summed E-state index contributed by atoms with van der Waals surface area (Å²) in [6.07, 6.45) is 0.152. The molecule has 0 unspecified atom stereocenters. The van der Waals surface area contributed by atoms with Crippen molar-refractivity contribution in [2.24, 2.45) is 0 Å². The first-order valence-electron chi connectivity index (χ1n) is 7.32. The number of hydrogen-bond acceptors (Lipinski definition) is 2. The zero-order valence-corrected chi connectivity index (χ0v) is 14.2. The quantitative estimate of drug-likeness (QED) is 0.875. The van der Waals surface area contributed by atoms with Crippen LogP contribution < -0.4 is 5.32 Å². The van der Waals surface area contributed by atoms with E-state index in [-0.39, 0.29) is 24.8 Å². The zero-order chi connectivity index (χ0) is 17.3. The number of halogens is 2. The third kappa shape index (κ3) is 3.16. The summed E-state index contributed by atoms with van der Waals surface area (Å²) in [5, 5.41) is 3.53. The largest absolute Gasteiger partial charge is 0.326 e. The lowest BCUT2D eigenvalue weighted by molar-refractivity contribution is -0.116. The molecule has 1 aliphatic heterocycles. The molecule has 122 valence electrons. The van der Waals surface area contributed by atoms with E-state index < -0.39 is 0 Å². The van der Waals surface area contributed by atoms with Gasteiger partial charge in [-0.3, -0.25) is 9.59 Å². The Morgan fingerprint density at radius 1 is 1.08 bits per heavy atom. The lowest BCUT2D eigenvalue weighted by Gasteiger charge is -2.17. The first-order chi connectivity index (χ1) is 11.5. The van der Waals surface area contributed by atoms with Crippen LogP contribution in [0.2, 0.25) is 10.0 Å². The predicted octanol–water partition coefficient (Wildman–Crippen LogP) is 4.45. The van der Waals surface area contributed by atoms with E-state index in [1.165, 1.54) is 4.90 Å². The van der Waals surface area contributed by atoms with Gasteiger partial charge in [0.2, 0.25) is 5.91 Å². The average molecular weight is 361 g/mol. The highest BCUT2D eigenvalue weighted by Gasteiger charge is 2.30. The van der Waals surface area contributed by atoms with Crippen LogP contribution in [0.25, 0.3) is 5.70 Å². The Bertz CT molecular complexity index is 814. The molecule has 2 aromatic carbocycles. The van der Waals surface area contributed by atoms with Crippen molar-refractivity contribution in [2.75, 3.05) is 11.9 Å². The molecule has 1 aliphatic rings. The van der Waals surface area contributed by atoms with Gasteiger partial charge in [0, 0.05) is 35.5 Å². The maximum Gasteiger partial charge on any atom is 0.258 e. The fourth-order valence-electron chi connectivity index (χ4n) is 2.58. The van der Waals surface area contributed by atoms with Gasteiger partial charge in [-0.2, -0.15) is 0 Å². The molecule has 0 saturated carbocycles. The highest BCUT2D eigenvalue weighted by atomic mass is 35.5. The van der Waals surface area contributed by atoms with Gasteiger partial charge in [-0.05, 0) is 24.3 Å². The molecule has 0 aromatic heterocycles. The van der Waals surface area contributed by atoms with Gasteiger partial charge in [0.05, 0.1) is 10.0 Å². The van der Waals surface area contributed by atoms with Gasteiger partial charge >= 0.3 is 0 Å². The van der Waals surface area contributed by atoms with Gasteiger partial charge in [0.25, 0.3) is 5.91 Å². The minimum Gasteiger partial charge on any atom is -0.326 e. The Hall–Kier alpha value is -2.30. The van der Waals surface area contributed by atoms with E-state index in [1.54, 1.807) is 24.3 Å². The number of benzene rings is 2. The van der Waals surface area contributed by atoms with Crippen LogP contribution in [0.4, 0.5) is 5.69 Å². The van der Waals surface area contributed by atoms with Crippen molar-refractivity contribution >= 4 is 46.4 Å². The molecule has 2 aromatic rings. The van der Waals surface area contributed by atoms with Crippen molar-refractivity contribution in [3.63, 3.8) is 0 Å². The maximum absolute atomic E-state index is 12.4. The van der Waals surface area contributed by atoms with Crippen molar-refractivity contribution in [2.45, 2.75) is 6.42 Å². The Morgan fingerprint density at radius 3 is 2.46 bits per heavy atom. The second-order valence-corrected chi connectivity index (χ2v) is 6.19. The minimum atomic E-state index is -0.218. The summed E-state index contributed by atoms with van der Waals surface area (Å²) in [6.45, 7) is 4.22. The number of hydrogen-bond donors (Lipinski definition) is 1. The summed E-state index contributed by atoms with van der Waals surface area (Å²) < 4.78 is 0. The number of anilines is 1. The number of amides is 2. The first-order valence-corrected chi connectivity index (χ1v) is 8.08. The fraction of sp³-hybridized carbons (Fsp3) is 0.111. The molecule has 6 heteroatoms. The van der Waals surface area contributed by atoms with Crippen LogP contribution in [0.5, 0.6) is 0 Å². The minimum absolute atomic E-state index is 0.127. The Morgan fingerprint density at radius 2 is 1.79 bits per heavy atom. The summed E-state index contributed by atoms with van der Waals surface area (Å²) in [5.74, 6) is -0.345. The molecule has 24 heavy (non-hydrogen) atoms. The van der Waals surface area contributed by atoms with Crippen molar-refractivity contribution in [1.82, 2.24) is 4.90 Å². The monoisotopic (exact) mass is 360 g/mol. The molecule has 1 heterocycles. The molecular weight excluding hydrogens is 347 g/mol. The van der Waals surface area contributed by atoms with Crippen LogP contribution >= 0.6 is 23.2 Å². The van der Waals surface area contributed by atoms with Crippen LogP contribution in [0.1, 0.15) is 22.3 Å². The highest BCUT2D eigenvalue weighted by Crippen LogP contribution is 2.31. The van der Waals surface area contributed by atoms with Crippen LogP contribution in [0, 0.1) is 0 Å². The number of nitrogens with zero attached hydrogens (tertiary/aromatic N) is 1. The third-order valence-corrected chi connectivity index (χ3v) is 4.54. The molecule has 0 atom stereocenters. The van der Waals surface area contributed by atoms with E-state index in [0.717, 1.165) is 5.56 Å². The van der Waals surface area contributed by atoms with Gasteiger partial charge in [-0.25, -0.2) is 0 Å². The van der Waals surface area contributed by atoms with Gasteiger partial charge in [-0.1, -0.05) is 48.0 Å². The van der Waals surface area contributed by atoms with E-state index >= 15 is 0 Å². The zero-order valence-electron chi connectivity index (χ0n) is 12.7. The SMILES string of the molecule is C=C1c2ccccc2C(=O)N1CCC(=O)Nc1ccc(Cl)c(Cl)c1. The summed E-state index contributed by atoms with van der Waals surface area (Å²) in [4.78, 5) is 26.0. The van der Waals surface area contributed by atoms with Gasteiger partial charge < -0.3 is 10.2 Å². The van der Waals surface area contributed by atoms with Crippen molar-refractivity contribution in [1.29, 1.82) is 0 Å². The normalized spacial score (nSPS) is 13.2. The van der Waals surface area contributed by atoms with Crippen LogP contribution in [0.15, 0.2) is 49.0 Å². The van der Waals surface area contributed by atoms with Gasteiger partial charge in [-0.15, -0.1) is 0 Å². The number of carbonyl (C=O) groups excluding carboxylic acids is 2. The topological polar surface area (TPSA) is 49.4 Å². The van der Waals surface area contributed by atoms with Crippen molar-refractivity contribution < 1.29 is 9.59 Å². The highest BCUT2D eigenvalue weighted by molar-refractivity contribution is 6.42. The molecule has 0 bridgehead atoms. The maximum atomic E-state index is 12.4. The fourth-order valence-corrected chi connectivity index (χ4v) is 2.88. The van der Waals surface area contributed by atoms with Crippen molar-refractivity contribution in [3.8, 4) is 0 Å². The summed E-state index contributed by atoms with van der Waals surface area (Å²) in [5.41, 5.74) is 2.61. The van der Waals surface area contributed by atoms with Crippen molar-refractivity contribution in [3.05, 3.63) is 70.2 Å². The molecule has 0 aliphatic carbocycles. The lowest BCUT2D eigenvalue weighted by atomic mass is 10.1. The molecule has 4 nitrogen and oxygen atoms in total. The van der Waals surface area contributed by atoms with E-state index in [1.807, 2.05) is 18.2 Å². The molecule has 0 saturated heterocycles. The third-order valence-electron chi connectivity index (χ3n) is 3.81. The number of fused-ring (bicyclic) bond motifs is 1. The molecule has 3 rings (SSSR count). The molecular formula is C18H14Cl2N2O2. The van der Waals surface area contributed by atoms with Crippen LogP contribution in [0.3, 0.4) is 0 Å². The second-order valence-electron chi connectivity index (χ2n) is 5.38. The Labute approximate surface area is 149 Å². The standard InChI is InChI=1S/C18H14Cl2N2O2/c1-11-13-4-2-3-5-14(13)18(24)22(11)9-8-17(23)21-12-6-7-15(19)16(20)10-12/h2-7,10H,1,8-9H2,(H,21,23). The Kier molecular flexibility index (Phi) is 4.60. The summed E-state index contributed by atoms with van der Waals surface area (Å²) in [7, 11) is 0. The molecule has 0 spiro atoms. The second kappa shape index (κ2) is 6.67.